The maximum absolute atomic E-state index is 6.93. The smallest absolute Gasteiger partial charge is 0.269 e. The summed E-state index contributed by atoms with van der Waals surface area (Å²) < 4.78 is 18.4. The van der Waals surface area contributed by atoms with Crippen molar-refractivity contribution in [2.45, 2.75) is 0 Å². The zero-order valence-electron chi connectivity index (χ0n) is 37.9. The Hall–Kier alpha value is -9.20. The van der Waals surface area contributed by atoms with Crippen molar-refractivity contribution in [2.75, 3.05) is 0 Å². The van der Waals surface area contributed by atoms with Gasteiger partial charge in [0.05, 0.1) is 44.5 Å². The average molecular weight is 887 g/mol. The highest BCUT2D eigenvalue weighted by Gasteiger charge is 2.27. The first kappa shape index (κ1) is 39.0. The van der Waals surface area contributed by atoms with E-state index in [1.54, 1.807) is 0 Å². The lowest BCUT2D eigenvalue weighted by Crippen LogP contribution is -2.29. The van der Waals surface area contributed by atoms with Crippen LogP contribution in [-0.2, 0) is 14.1 Å². The van der Waals surface area contributed by atoms with Gasteiger partial charge in [-0.1, -0.05) is 152 Å². The predicted octanol–water partition coefficient (Wildman–Crippen LogP) is 14.6. The highest BCUT2D eigenvalue weighted by atomic mass is 16.5. The fraction of sp³-hybridized carbons (Fsp3) is 0.0323. The number of ether oxygens (including phenoxy) is 1. The molecule has 0 aliphatic heterocycles. The van der Waals surface area contributed by atoms with Gasteiger partial charge in [0.25, 0.3) is 6.33 Å². The van der Waals surface area contributed by atoms with Crippen LogP contribution in [0.3, 0.4) is 0 Å². The largest absolute Gasteiger partial charge is 0.458 e. The molecule has 0 atom stereocenters. The van der Waals surface area contributed by atoms with E-state index in [1.165, 1.54) is 49.0 Å². The number of hydrogen-bond donors (Lipinski definition) is 0. The van der Waals surface area contributed by atoms with Crippen LogP contribution < -0.4 is 9.30 Å². The van der Waals surface area contributed by atoms with Crippen molar-refractivity contribution in [1.82, 2.24) is 23.3 Å². The third kappa shape index (κ3) is 5.80. The first-order valence-electron chi connectivity index (χ1n) is 23.3. The van der Waals surface area contributed by atoms with Crippen LogP contribution in [-0.4, -0.2) is 23.3 Å². The summed E-state index contributed by atoms with van der Waals surface area (Å²) in [5.41, 5.74) is 15.5. The first-order chi connectivity index (χ1) is 34.1. The van der Waals surface area contributed by atoms with E-state index in [4.69, 9.17) is 9.72 Å². The zero-order valence-corrected chi connectivity index (χ0v) is 37.9. The second-order valence-electron chi connectivity index (χ2n) is 17.8. The highest BCUT2D eigenvalue weighted by molar-refractivity contribution is 6.40. The van der Waals surface area contributed by atoms with E-state index in [9.17, 15) is 0 Å². The molecule has 14 rings (SSSR count). The number of hydrogen-bond acceptors (Lipinski definition) is 2. The molecule has 69 heavy (non-hydrogen) atoms. The summed E-state index contributed by atoms with van der Waals surface area (Å²) in [6, 6.07) is 74.8. The van der Waals surface area contributed by atoms with Crippen molar-refractivity contribution in [1.29, 1.82) is 0 Å². The summed E-state index contributed by atoms with van der Waals surface area (Å²) in [5.74, 6) is 2.28. The average Bonchev–Trinajstić information content (AvgIpc) is 4.13. The maximum Gasteiger partial charge on any atom is 0.269 e. The number of rotatable bonds is 7. The van der Waals surface area contributed by atoms with Crippen LogP contribution in [0.4, 0.5) is 0 Å². The van der Waals surface area contributed by atoms with E-state index in [2.05, 4.69) is 243 Å². The Labute approximate surface area is 397 Å². The Bertz CT molecular complexity index is 4290. The lowest BCUT2D eigenvalue weighted by Gasteiger charge is -2.17. The molecule has 0 fully saturated rings. The number of para-hydroxylation sites is 5. The molecule has 9 aromatic carbocycles. The number of fused-ring (bicyclic) bond motifs is 13. The van der Waals surface area contributed by atoms with Gasteiger partial charge in [-0.05, 0) is 76.9 Å². The predicted molar refractivity (Wildman–Crippen MR) is 281 cm³/mol. The van der Waals surface area contributed by atoms with Gasteiger partial charge >= 0.3 is 0 Å². The molecule has 0 aliphatic carbocycles. The fourth-order valence-corrected chi connectivity index (χ4v) is 11.1. The van der Waals surface area contributed by atoms with Crippen molar-refractivity contribution in [2.24, 2.45) is 14.1 Å². The SMILES string of the molecule is Cn1c2ccccc2c2c3c4ccccc4n(C)c3c3c(c4ccc(Oc5cccc(-[n+]6[c-]n(-c7c(-c8ccccc8)cccc7-c7ccccc7)c7ccccc76)c5)cc4n3-c3ccccn3)c21. The molecule has 7 heteroatoms. The van der Waals surface area contributed by atoms with Crippen LogP contribution in [0.2, 0.25) is 0 Å². The third-order valence-corrected chi connectivity index (χ3v) is 14.0. The quantitative estimate of drug-likeness (QED) is 0.118. The van der Waals surface area contributed by atoms with Gasteiger partial charge < -0.3 is 13.9 Å². The molecule has 0 saturated heterocycles. The molecule has 0 bridgehead atoms. The summed E-state index contributed by atoms with van der Waals surface area (Å²) >= 11 is 0. The molecule has 0 aliphatic rings. The first-order valence-corrected chi connectivity index (χ1v) is 23.3. The Balaban J connectivity index is 0.959. The molecular formula is C62H42N6O. The number of nitrogens with zero attached hydrogens (tertiary/aromatic N) is 6. The molecule has 326 valence electrons. The van der Waals surface area contributed by atoms with Gasteiger partial charge in [0, 0.05) is 69.7 Å². The molecule has 5 aromatic heterocycles. The van der Waals surface area contributed by atoms with Gasteiger partial charge in [0.15, 0.2) is 0 Å². The maximum atomic E-state index is 6.93. The van der Waals surface area contributed by atoms with Crippen LogP contribution in [0.1, 0.15) is 0 Å². The molecule has 0 N–H and O–H groups in total. The van der Waals surface area contributed by atoms with Crippen molar-refractivity contribution in [3.8, 4) is 50.9 Å². The third-order valence-electron chi connectivity index (χ3n) is 14.0. The van der Waals surface area contributed by atoms with Gasteiger partial charge in [-0.2, -0.15) is 0 Å². The monoisotopic (exact) mass is 886 g/mol. The van der Waals surface area contributed by atoms with Crippen LogP contribution in [0, 0.1) is 6.33 Å². The van der Waals surface area contributed by atoms with E-state index >= 15 is 0 Å². The minimum Gasteiger partial charge on any atom is -0.458 e. The van der Waals surface area contributed by atoms with Gasteiger partial charge in [-0.3, -0.25) is 13.7 Å². The van der Waals surface area contributed by atoms with Crippen LogP contribution in [0.5, 0.6) is 11.5 Å². The molecular weight excluding hydrogens is 845 g/mol. The van der Waals surface area contributed by atoms with Gasteiger partial charge in [0.1, 0.15) is 17.3 Å². The number of benzene rings is 9. The normalized spacial score (nSPS) is 11.9. The van der Waals surface area contributed by atoms with Gasteiger partial charge in [0.2, 0.25) is 0 Å². The van der Waals surface area contributed by atoms with E-state index < -0.39 is 0 Å². The number of aromatic nitrogens is 6. The summed E-state index contributed by atoms with van der Waals surface area (Å²) in [4.78, 5) is 5.01. The van der Waals surface area contributed by atoms with E-state index in [0.29, 0.717) is 5.75 Å². The van der Waals surface area contributed by atoms with Crippen LogP contribution in [0.25, 0.3) is 116 Å². The Morgan fingerprint density at radius 3 is 1.72 bits per heavy atom. The molecule has 0 spiro atoms. The number of aryl methyl sites for hydroxylation is 2. The minimum absolute atomic E-state index is 0.715. The van der Waals surface area contributed by atoms with Crippen molar-refractivity contribution >= 4 is 76.5 Å². The fourth-order valence-electron chi connectivity index (χ4n) is 11.1. The lowest BCUT2D eigenvalue weighted by atomic mass is 9.95. The highest BCUT2D eigenvalue weighted by Crippen LogP contribution is 2.49. The van der Waals surface area contributed by atoms with E-state index in [-0.39, 0.29) is 0 Å². The number of imidazole rings is 1. The molecule has 0 saturated carbocycles. The molecule has 0 unspecified atom stereocenters. The van der Waals surface area contributed by atoms with Crippen LogP contribution in [0.15, 0.2) is 219 Å². The Morgan fingerprint density at radius 1 is 0.449 bits per heavy atom. The summed E-state index contributed by atoms with van der Waals surface area (Å²) in [6.07, 6.45) is 5.70. The topological polar surface area (TPSA) is 45.7 Å². The van der Waals surface area contributed by atoms with Crippen LogP contribution >= 0.6 is 0 Å². The Kier molecular flexibility index (Phi) is 8.58. The molecule has 5 heterocycles. The molecule has 7 nitrogen and oxygen atoms in total. The molecule has 0 amide bonds. The summed E-state index contributed by atoms with van der Waals surface area (Å²) in [6.45, 7) is 0. The number of pyridine rings is 1. The van der Waals surface area contributed by atoms with E-state index in [1.807, 2.05) is 18.3 Å². The van der Waals surface area contributed by atoms with Gasteiger partial charge in [-0.15, -0.1) is 0 Å². The second-order valence-corrected chi connectivity index (χ2v) is 17.8. The van der Waals surface area contributed by atoms with Gasteiger partial charge in [-0.25, -0.2) is 4.98 Å². The van der Waals surface area contributed by atoms with Crippen molar-refractivity contribution in [3.05, 3.63) is 225 Å². The molecule has 14 aromatic rings. The molecule has 0 radical (unpaired) electrons. The van der Waals surface area contributed by atoms with Crippen molar-refractivity contribution in [3.63, 3.8) is 0 Å². The van der Waals surface area contributed by atoms with E-state index in [0.717, 1.165) is 72.6 Å². The summed E-state index contributed by atoms with van der Waals surface area (Å²) in [5, 5.41) is 7.30. The minimum atomic E-state index is 0.715. The summed E-state index contributed by atoms with van der Waals surface area (Å²) in [7, 11) is 4.40. The second kappa shape index (κ2) is 15.2. The van der Waals surface area contributed by atoms with Crippen molar-refractivity contribution < 1.29 is 9.30 Å². The standard InChI is InChI=1S/C62H42N6O/c1-64-50-29-11-9-25-47(50)56-57-48-26-10-12-30-51(48)65(2)61(57)62-58(60(56)64)49-35-34-44(38-54(49)68(62)55-33-15-16-36-63-55)69-43-24-17-23-42(37-43)66-39-67(53-32-14-13-31-52(53)66)59-45(40-19-5-3-6-20-40)27-18-28-46(59)41-21-7-4-8-22-41/h3-38H,1-2H3. The zero-order chi connectivity index (χ0) is 45.7. The lowest BCUT2D eigenvalue weighted by molar-refractivity contribution is -0.572. The Morgan fingerprint density at radius 2 is 1.03 bits per heavy atom.